The maximum absolute atomic E-state index is 13.8. The van der Waals surface area contributed by atoms with Crippen molar-refractivity contribution in [2.24, 2.45) is 11.0 Å². The lowest BCUT2D eigenvalue weighted by Crippen LogP contribution is -2.47. The number of methoxy groups -OCH3 is 2. The van der Waals surface area contributed by atoms with E-state index in [9.17, 15) is 9.59 Å². The molecule has 204 valence electrons. The summed E-state index contributed by atoms with van der Waals surface area (Å²) < 4.78 is 16.1. The third-order valence-electron chi connectivity index (χ3n) is 7.01. The molecule has 0 aliphatic carbocycles. The highest BCUT2D eigenvalue weighted by Crippen LogP contribution is 2.34. The minimum Gasteiger partial charge on any atom is -0.497 e. The number of amides is 2. The molecule has 1 saturated heterocycles. The zero-order valence-corrected chi connectivity index (χ0v) is 22.8. The number of nitrogens with zero attached hydrogens (tertiary/aromatic N) is 4. The number of hydrogen-bond acceptors (Lipinski definition) is 7. The van der Waals surface area contributed by atoms with Crippen molar-refractivity contribution in [3.8, 4) is 11.5 Å². The average molecular weight is 523 g/mol. The summed E-state index contributed by atoms with van der Waals surface area (Å²) in [5.41, 5.74) is 2.71. The van der Waals surface area contributed by atoms with E-state index in [0.717, 1.165) is 41.4 Å². The van der Waals surface area contributed by atoms with Crippen molar-refractivity contribution in [2.75, 3.05) is 60.2 Å². The van der Waals surface area contributed by atoms with Gasteiger partial charge in [0.25, 0.3) is 5.91 Å². The summed E-state index contributed by atoms with van der Waals surface area (Å²) in [7, 11) is 3.26. The molecule has 4 rings (SSSR count). The van der Waals surface area contributed by atoms with Gasteiger partial charge < -0.3 is 19.1 Å². The molecule has 0 spiro atoms. The molecule has 0 saturated carbocycles. The Morgan fingerprint density at radius 1 is 1.00 bits per heavy atom. The largest absolute Gasteiger partial charge is 0.497 e. The van der Waals surface area contributed by atoms with E-state index in [1.54, 1.807) is 24.1 Å². The number of hydrogen-bond donors (Lipinski definition) is 0. The molecule has 2 aliphatic heterocycles. The van der Waals surface area contributed by atoms with E-state index in [2.05, 4.69) is 4.90 Å². The van der Waals surface area contributed by atoms with Crippen LogP contribution in [-0.2, 0) is 14.3 Å². The minimum atomic E-state index is -0.277. The molecule has 2 aromatic carbocycles. The van der Waals surface area contributed by atoms with Gasteiger partial charge in [0.15, 0.2) is 0 Å². The van der Waals surface area contributed by atoms with Gasteiger partial charge in [-0.3, -0.25) is 14.5 Å². The van der Waals surface area contributed by atoms with Gasteiger partial charge in [-0.1, -0.05) is 26.0 Å². The lowest BCUT2D eigenvalue weighted by atomic mass is 9.98. The molecule has 0 N–H and O–H groups in total. The van der Waals surface area contributed by atoms with Crippen molar-refractivity contribution in [3.05, 3.63) is 59.7 Å². The summed E-state index contributed by atoms with van der Waals surface area (Å²) in [6.45, 7) is 7.95. The van der Waals surface area contributed by atoms with Crippen LogP contribution in [-0.4, -0.2) is 92.5 Å². The molecule has 1 atom stereocenters. The van der Waals surface area contributed by atoms with Gasteiger partial charge in [0, 0.05) is 38.5 Å². The van der Waals surface area contributed by atoms with Gasteiger partial charge in [0.1, 0.15) is 18.0 Å². The molecule has 38 heavy (non-hydrogen) atoms. The van der Waals surface area contributed by atoms with Crippen LogP contribution < -0.4 is 9.47 Å². The van der Waals surface area contributed by atoms with E-state index in [1.165, 1.54) is 0 Å². The van der Waals surface area contributed by atoms with E-state index in [0.29, 0.717) is 32.7 Å². The zero-order valence-electron chi connectivity index (χ0n) is 22.8. The molecule has 9 heteroatoms. The van der Waals surface area contributed by atoms with Gasteiger partial charge in [-0.15, -0.1) is 0 Å². The van der Waals surface area contributed by atoms with Crippen molar-refractivity contribution in [1.29, 1.82) is 0 Å². The van der Waals surface area contributed by atoms with E-state index in [4.69, 9.17) is 19.3 Å². The number of benzene rings is 2. The Morgan fingerprint density at radius 2 is 1.61 bits per heavy atom. The summed E-state index contributed by atoms with van der Waals surface area (Å²) in [5, 5.41) is 6.34. The number of rotatable bonds is 10. The number of hydrazone groups is 1. The Labute approximate surface area is 224 Å². The van der Waals surface area contributed by atoms with E-state index in [1.807, 2.05) is 62.4 Å². The van der Waals surface area contributed by atoms with Crippen molar-refractivity contribution in [3.63, 3.8) is 0 Å². The van der Waals surface area contributed by atoms with E-state index >= 15 is 0 Å². The molecule has 2 aromatic rings. The first-order valence-electron chi connectivity index (χ1n) is 13.2. The Hall–Kier alpha value is -3.43. The smallest absolute Gasteiger partial charge is 0.262 e. The summed E-state index contributed by atoms with van der Waals surface area (Å²) >= 11 is 0. The van der Waals surface area contributed by atoms with Gasteiger partial charge in [0.2, 0.25) is 5.91 Å². The van der Waals surface area contributed by atoms with Crippen LogP contribution in [0.15, 0.2) is 53.6 Å². The summed E-state index contributed by atoms with van der Waals surface area (Å²) in [6, 6.07) is 15.1. The SMILES string of the molecule is COc1ccc(C2=NN(C(=O)CN(CCN3CCOCC3)C(=O)C(C)C)[C@H](c3ccc(OC)cc3)C2)cc1. The molecular weight excluding hydrogens is 484 g/mol. The van der Waals surface area contributed by atoms with Gasteiger partial charge in [-0.2, -0.15) is 5.10 Å². The fourth-order valence-corrected chi connectivity index (χ4v) is 4.74. The molecule has 2 heterocycles. The maximum atomic E-state index is 13.8. The van der Waals surface area contributed by atoms with Crippen LogP contribution in [0.3, 0.4) is 0 Å². The highest BCUT2D eigenvalue weighted by molar-refractivity contribution is 6.03. The predicted octanol–water partition coefficient (Wildman–Crippen LogP) is 3.20. The van der Waals surface area contributed by atoms with E-state index < -0.39 is 0 Å². The minimum absolute atomic E-state index is 0.0204. The van der Waals surface area contributed by atoms with Crippen LogP contribution in [0.25, 0.3) is 0 Å². The van der Waals surface area contributed by atoms with Crippen molar-refractivity contribution >= 4 is 17.5 Å². The second-order valence-electron chi connectivity index (χ2n) is 9.88. The fourth-order valence-electron chi connectivity index (χ4n) is 4.74. The van der Waals surface area contributed by atoms with Gasteiger partial charge in [0.05, 0.1) is 39.2 Å². The molecule has 0 bridgehead atoms. The van der Waals surface area contributed by atoms with Crippen LogP contribution in [0, 0.1) is 5.92 Å². The standard InChI is InChI=1S/C29H38N4O5/c1-21(2)29(35)32(14-13-31-15-17-38-18-16-31)20-28(34)33-27(23-7-11-25(37-4)12-8-23)19-26(30-33)22-5-9-24(36-3)10-6-22/h5-12,21,27H,13-20H2,1-4H3/t27-/m0/s1. The Balaban J connectivity index is 1.56. The number of morpholine rings is 1. The van der Waals surface area contributed by atoms with Crippen molar-refractivity contribution < 1.29 is 23.8 Å². The Kier molecular flexibility index (Phi) is 9.36. The third kappa shape index (κ3) is 6.71. The predicted molar refractivity (Wildman–Crippen MR) is 145 cm³/mol. The topological polar surface area (TPSA) is 83.9 Å². The lowest BCUT2D eigenvalue weighted by Gasteiger charge is -2.31. The van der Waals surface area contributed by atoms with Crippen LogP contribution in [0.4, 0.5) is 0 Å². The molecule has 0 radical (unpaired) electrons. The van der Waals surface area contributed by atoms with E-state index in [-0.39, 0.29) is 30.3 Å². The Morgan fingerprint density at radius 3 is 2.18 bits per heavy atom. The molecule has 2 aliphatic rings. The molecular formula is C29H38N4O5. The zero-order chi connectivity index (χ0) is 27.1. The molecule has 0 unspecified atom stereocenters. The number of ether oxygens (including phenoxy) is 3. The van der Waals surface area contributed by atoms with Crippen LogP contribution in [0.1, 0.15) is 37.4 Å². The molecule has 1 fully saturated rings. The lowest BCUT2D eigenvalue weighted by molar-refractivity contribution is -0.143. The monoisotopic (exact) mass is 522 g/mol. The first-order valence-corrected chi connectivity index (χ1v) is 13.2. The van der Waals surface area contributed by atoms with Gasteiger partial charge in [-0.05, 0) is 47.5 Å². The quantitative estimate of drug-likeness (QED) is 0.477. The first-order chi connectivity index (χ1) is 18.4. The highest BCUT2D eigenvalue weighted by Gasteiger charge is 2.35. The summed E-state index contributed by atoms with van der Waals surface area (Å²) in [6.07, 6.45) is 0.566. The number of carbonyl (C=O) groups is 2. The van der Waals surface area contributed by atoms with Crippen molar-refractivity contribution in [1.82, 2.24) is 14.8 Å². The maximum Gasteiger partial charge on any atom is 0.262 e. The summed E-state index contributed by atoms with van der Waals surface area (Å²) in [4.78, 5) is 30.8. The molecule has 2 amide bonds. The second-order valence-corrected chi connectivity index (χ2v) is 9.88. The fraction of sp³-hybridized carbons (Fsp3) is 0.483. The number of carbonyl (C=O) groups excluding carboxylic acids is 2. The third-order valence-corrected chi connectivity index (χ3v) is 7.01. The van der Waals surface area contributed by atoms with Gasteiger partial charge >= 0.3 is 0 Å². The molecule has 0 aromatic heterocycles. The highest BCUT2D eigenvalue weighted by atomic mass is 16.5. The first kappa shape index (κ1) is 27.6. The summed E-state index contributed by atoms with van der Waals surface area (Å²) in [5.74, 6) is 1.06. The van der Waals surface area contributed by atoms with Crippen LogP contribution >= 0.6 is 0 Å². The van der Waals surface area contributed by atoms with Crippen LogP contribution in [0.2, 0.25) is 0 Å². The average Bonchev–Trinajstić information content (AvgIpc) is 3.41. The molecule has 9 nitrogen and oxygen atoms in total. The van der Waals surface area contributed by atoms with Gasteiger partial charge in [-0.25, -0.2) is 5.01 Å². The Bertz CT molecular complexity index is 1110. The van der Waals surface area contributed by atoms with Crippen LogP contribution in [0.5, 0.6) is 11.5 Å². The normalized spacial score (nSPS) is 17.9. The second kappa shape index (κ2) is 12.9. The van der Waals surface area contributed by atoms with Crippen molar-refractivity contribution in [2.45, 2.75) is 26.3 Å².